The first kappa shape index (κ1) is 22.1. The molecule has 2 aromatic heterocycles. The predicted molar refractivity (Wildman–Crippen MR) is 123 cm³/mol. The van der Waals surface area contributed by atoms with E-state index in [1.807, 2.05) is 15.9 Å². The molecule has 0 unspecified atom stereocenters. The van der Waals surface area contributed by atoms with Crippen LogP contribution in [0.1, 0.15) is 56.7 Å². The van der Waals surface area contributed by atoms with E-state index in [1.165, 1.54) is 37.0 Å². The highest BCUT2D eigenvalue weighted by Crippen LogP contribution is 2.41. The van der Waals surface area contributed by atoms with Crippen molar-refractivity contribution in [3.05, 3.63) is 34.5 Å². The molecule has 1 aliphatic rings. The van der Waals surface area contributed by atoms with Crippen molar-refractivity contribution in [2.75, 3.05) is 13.1 Å². The first-order valence-electron chi connectivity index (χ1n) is 9.70. The lowest BCUT2D eigenvalue weighted by atomic mass is 9.73. The molecule has 0 radical (unpaired) electrons. The van der Waals surface area contributed by atoms with E-state index < -0.39 is 0 Å². The van der Waals surface area contributed by atoms with Crippen molar-refractivity contribution in [1.29, 1.82) is 0 Å². The zero-order chi connectivity index (χ0) is 18.2. The minimum atomic E-state index is 0. The standard InChI is InChI=1S/C19H30N6S.HI/c1-3-20-18(21-13-17-24-23-15-25(17)4-2)22-14-19(10-6-5-7-11-19)16-9-8-12-26-16;/h8-9,12,15H,3-7,10-11,13-14H2,1-2H3,(H2,20,21,22);1H. The van der Waals surface area contributed by atoms with Crippen molar-refractivity contribution in [1.82, 2.24) is 25.4 Å². The van der Waals surface area contributed by atoms with Gasteiger partial charge in [0.05, 0.1) is 0 Å². The third-order valence-electron chi connectivity index (χ3n) is 5.21. The average Bonchev–Trinajstić information content (AvgIpc) is 3.36. The van der Waals surface area contributed by atoms with E-state index >= 15 is 0 Å². The summed E-state index contributed by atoms with van der Waals surface area (Å²) in [6.45, 7) is 7.37. The summed E-state index contributed by atoms with van der Waals surface area (Å²) in [6.07, 6.45) is 8.25. The summed E-state index contributed by atoms with van der Waals surface area (Å²) in [5.41, 5.74) is 0.242. The van der Waals surface area contributed by atoms with Crippen LogP contribution in [0.3, 0.4) is 0 Å². The lowest BCUT2D eigenvalue weighted by molar-refractivity contribution is 0.296. The van der Waals surface area contributed by atoms with E-state index in [2.05, 4.69) is 52.2 Å². The zero-order valence-corrected chi connectivity index (χ0v) is 19.4. The number of aliphatic imine (C=N–C) groups is 1. The second kappa shape index (κ2) is 11.0. The van der Waals surface area contributed by atoms with E-state index in [9.17, 15) is 0 Å². The molecule has 0 amide bonds. The fourth-order valence-corrected chi connectivity index (χ4v) is 4.72. The molecule has 0 aliphatic heterocycles. The number of guanidine groups is 1. The minimum Gasteiger partial charge on any atom is -0.357 e. The number of hydrogen-bond acceptors (Lipinski definition) is 4. The van der Waals surface area contributed by atoms with Gasteiger partial charge in [0.15, 0.2) is 11.8 Å². The summed E-state index contributed by atoms with van der Waals surface area (Å²) in [5, 5.41) is 17.3. The number of hydrogen-bond donors (Lipinski definition) is 2. The molecule has 0 aromatic carbocycles. The number of nitrogens with zero attached hydrogens (tertiary/aromatic N) is 4. The Morgan fingerprint density at radius 2 is 2.07 bits per heavy atom. The molecule has 150 valence electrons. The van der Waals surface area contributed by atoms with Gasteiger partial charge >= 0.3 is 0 Å². The first-order chi connectivity index (χ1) is 12.8. The van der Waals surface area contributed by atoms with E-state index in [1.54, 1.807) is 6.33 Å². The van der Waals surface area contributed by atoms with Gasteiger partial charge in [-0.25, -0.2) is 4.99 Å². The van der Waals surface area contributed by atoms with E-state index in [4.69, 9.17) is 4.99 Å². The van der Waals surface area contributed by atoms with Crippen LogP contribution in [0.5, 0.6) is 0 Å². The molecule has 0 bridgehead atoms. The van der Waals surface area contributed by atoms with Crippen LogP contribution >= 0.6 is 35.3 Å². The normalized spacial score (nSPS) is 16.6. The molecule has 0 spiro atoms. The van der Waals surface area contributed by atoms with E-state index in [0.717, 1.165) is 31.4 Å². The SMILES string of the molecule is CCNC(=NCc1nncn1CC)NCC1(c2cccs2)CCCCC1.I. The number of halogens is 1. The Labute approximate surface area is 183 Å². The van der Waals surface area contributed by atoms with Crippen LogP contribution in [0.4, 0.5) is 0 Å². The highest BCUT2D eigenvalue weighted by Gasteiger charge is 2.34. The smallest absolute Gasteiger partial charge is 0.191 e. The van der Waals surface area contributed by atoms with Gasteiger partial charge in [-0.1, -0.05) is 25.3 Å². The summed E-state index contributed by atoms with van der Waals surface area (Å²) in [5.74, 6) is 1.76. The van der Waals surface area contributed by atoms with Crippen molar-refractivity contribution < 1.29 is 0 Å². The molecule has 1 aliphatic carbocycles. The van der Waals surface area contributed by atoms with Crippen molar-refractivity contribution in [2.45, 2.75) is 64.5 Å². The molecule has 0 saturated heterocycles. The van der Waals surface area contributed by atoms with Crippen molar-refractivity contribution in [2.24, 2.45) is 4.99 Å². The van der Waals surface area contributed by atoms with Crippen molar-refractivity contribution >= 4 is 41.3 Å². The van der Waals surface area contributed by atoms with Crippen LogP contribution in [0.2, 0.25) is 0 Å². The van der Waals surface area contributed by atoms with E-state index in [-0.39, 0.29) is 29.4 Å². The summed E-state index contributed by atoms with van der Waals surface area (Å²) in [4.78, 5) is 6.24. The van der Waals surface area contributed by atoms with Crippen LogP contribution < -0.4 is 10.6 Å². The maximum absolute atomic E-state index is 4.74. The topological polar surface area (TPSA) is 67.1 Å². The first-order valence-corrected chi connectivity index (χ1v) is 10.6. The molecule has 2 aromatic rings. The Morgan fingerprint density at radius 1 is 1.26 bits per heavy atom. The molecule has 27 heavy (non-hydrogen) atoms. The number of nitrogens with one attached hydrogen (secondary N) is 2. The van der Waals surface area contributed by atoms with Gasteiger partial charge in [-0.2, -0.15) is 0 Å². The van der Waals surface area contributed by atoms with E-state index in [0.29, 0.717) is 6.54 Å². The third-order valence-corrected chi connectivity index (χ3v) is 6.32. The Bertz CT molecular complexity index is 691. The highest BCUT2D eigenvalue weighted by molar-refractivity contribution is 14.0. The number of thiophene rings is 1. The highest BCUT2D eigenvalue weighted by atomic mass is 127. The molecule has 6 nitrogen and oxygen atoms in total. The molecule has 8 heteroatoms. The van der Waals surface area contributed by atoms with Crippen LogP contribution in [0.25, 0.3) is 0 Å². The fourth-order valence-electron chi connectivity index (χ4n) is 3.73. The predicted octanol–water partition coefficient (Wildman–Crippen LogP) is 3.93. The van der Waals surface area contributed by atoms with Gasteiger partial charge in [-0.15, -0.1) is 45.5 Å². The molecule has 3 rings (SSSR count). The quantitative estimate of drug-likeness (QED) is 0.342. The minimum absolute atomic E-state index is 0. The molecular formula is C19H31IN6S. The van der Waals surface area contributed by atoms with Crippen LogP contribution in [0.15, 0.2) is 28.8 Å². The number of aryl methyl sites for hydroxylation is 1. The average molecular weight is 502 g/mol. The van der Waals surface area contributed by atoms with Crippen molar-refractivity contribution in [3.8, 4) is 0 Å². The van der Waals surface area contributed by atoms with Gasteiger partial charge in [-0.05, 0) is 38.1 Å². The van der Waals surface area contributed by atoms with Crippen molar-refractivity contribution in [3.63, 3.8) is 0 Å². The van der Waals surface area contributed by atoms with Gasteiger partial charge in [0.25, 0.3) is 0 Å². The maximum atomic E-state index is 4.74. The second-order valence-electron chi connectivity index (χ2n) is 6.90. The maximum Gasteiger partial charge on any atom is 0.191 e. The van der Waals surface area contributed by atoms with Gasteiger partial charge < -0.3 is 15.2 Å². The Kier molecular flexibility index (Phi) is 9.01. The van der Waals surface area contributed by atoms with Gasteiger partial charge in [0.1, 0.15) is 12.9 Å². The Balaban J connectivity index is 0.00000261. The van der Waals surface area contributed by atoms with Gasteiger partial charge in [0, 0.05) is 29.9 Å². The van der Waals surface area contributed by atoms with Crippen LogP contribution in [-0.4, -0.2) is 33.8 Å². The summed E-state index contributed by atoms with van der Waals surface area (Å²) >= 11 is 1.89. The molecule has 2 heterocycles. The Morgan fingerprint density at radius 3 is 2.74 bits per heavy atom. The Hall–Kier alpha value is -1.16. The number of rotatable bonds is 7. The van der Waals surface area contributed by atoms with Crippen LogP contribution in [0, 0.1) is 0 Å². The monoisotopic (exact) mass is 502 g/mol. The summed E-state index contributed by atoms with van der Waals surface area (Å²) < 4.78 is 2.03. The molecule has 2 N–H and O–H groups in total. The zero-order valence-electron chi connectivity index (χ0n) is 16.3. The molecule has 1 saturated carbocycles. The second-order valence-corrected chi connectivity index (χ2v) is 7.85. The summed E-state index contributed by atoms with van der Waals surface area (Å²) in [7, 11) is 0. The fraction of sp³-hybridized carbons (Fsp3) is 0.632. The lowest BCUT2D eigenvalue weighted by Crippen LogP contribution is -2.46. The third kappa shape index (κ3) is 5.66. The molecule has 0 atom stereocenters. The van der Waals surface area contributed by atoms with Crippen LogP contribution in [-0.2, 0) is 18.5 Å². The molecule has 1 fully saturated rings. The van der Waals surface area contributed by atoms with Gasteiger partial charge in [0.2, 0.25) is 0 Å². The lowest BCUT2D eigenvalue weighted by Gasteiger charge is -2.37. The molecular weight excluding hydrogens is 471 g/mol. The summed E-state index contributed by atoms with van der Waals surface area (Å²) in [6, 6.07) is 4.47. The largest absolute Gasteiger partial charge is 0.357 e. The van der Waals surface area contributed by atoms with Gasteiger partial charge in [-0.3, -0.25) is 0 Å². The number of aromatic nitrogens is 3.